The van der Waals surface area contributed by atoms with Crippen LogP contribution in [-0.2, 0) is 13.0 Å². The van der Waals surface area contributed by atoms with E-state index in [1.807, 2.05) is 23.9 Å². The molecule has 4 rings (SSSR count). The molecule has 6 nitrogen and oxygen atoms in total. The van der Waals surface area contributed by atoms with Gasteiger partial charge in [-0.05, 0) is 24.3 Å². The van der Waals surface area contributed by atoms with Crippen molar-refractivity contribution in [1.82, 2.24) is 14.5 Å². The van der Waals surface area contributed by atoms with Gasteiger partial charge in [0, 0.05) is 63.3 Å². The Morgan fingerprint density at radius 1 is 1.15 bits per heavy atom. The molecule has 2 aromatic rings. The van der Waals surface area contributed by atoms with Gasteiger partial charge in [-0.25, -0.2) is 9.37 Å². The Kier molecular flexibility index (Phi) is 6.85. The first-order valence-corrected chi connectivity index (χ1v) is 9.92. The van der Waals surface area contributed by atoms with E-state index in [4.69, 9.17) is 5.73 Å². The normalized spacial score (nSPS) is 17.0. The highest BCUT2D eigenvalue weighted by Gasteiger charge is 2.19. The van der Waals surface area contributed by atoms with Gasteiger partial charge < -0.3 is 20.1 Å². The third-order valence-electron chi connectivity index (χ3n) is 4.79. The summed E-state index contributed by atoms with van der Waals surface area (Å²) in [4.78, 5) is 13.5. The largest absolute Gasteiger partial charge is 0.370 e. The van der Waals surface area contributed by atoms with E-state index in [9.17, 15) is 4.39 Å². The molecule has 1 fully saturated rings. The number of anilines is 1. The van der Waals surface area contributed by atoms with Crippen molar-refractivity contribution in [2.45, 2.75) is 18.1 Å². The molecule has 0 bridgehead atoms. The molecule has 2 N–H and O–H groups in total. The molecule has 27 heavy (non-hydrogen) atoms. The van der Waals surface area contributed by atoms with Gasteiger partial charge in [0.15, 0.2) is 11.1 Å². The summed E-state index contributed by atoms with van der Waals surface area (Å²) in [5.41, 5.74) is 8.30. The van der Waals surface area contributed by atoms with E-state index >= 15 is 0 Å². The zero-order valence-corrected chi connectivity index (χ0v) is 18.2. The van der Waals surface area contributed by atoms with E-state index in [0.29, 0.717) is 12.5 Å². The molecule has 0 atom stereocenters. The molecule has 0 spiro atoms. The number of hydrogen-bond donors (Lipinski definition) is 1. The number of benzene rings is 1. The molecular weight excluding hydrogens is 478 g/mol. The molecule has 0 amide bonds. The molecule has 2 aliphatic heterocycles. The number of piperazine rings is 1. The summed E-state index contributed by atoms with van der Waals surface area (Å²) in [6.07, 6.45) is 2.94. The van der Waals surface area contributed by atoms with Gasteiger partial charge in [0.25, 0.3) is 0 Å². The van der Waals surface area contributed by atoms with Crippen molar-refractivity contribution in [3.63, 3.8) is 0 Å². The zero-order valence-electron chi connectivity index (χ0n) is 15.1. The third-order valence-corrected chi connectivity index (χ3v) is 5.76. The lowest BCUT2D eigenvalue weighted by atomic mass is 10.2. The SMILES string of the molecule is I.NC(=NCCc1cn2c(n1)SCC2)N1CCN(c2ccc(F)cc2)CC1. The van der Waals surface area contributed by atoms with Crippen LogP contribution in [0.1, 0.15) is 5.69 Å². The zero-order chi connectivity index (χ0) is 17.9. The number of thioether (sulfide) groups is 1. The number of halogens is 2. The maximum absolute atomic E-state index is 13.0. The number of rotatable bonds is 4. The minimum absolute atomic E-state index is 0. The summed E-state index contributed by atoms with van der Waals surface area (Å²) >= 11 is 1.81. The Labute approximate surface area is 180 Å². The fourth-order valence-corrected chi connectivity index (χ4v) is 4.27. The maximum atomic E-state index is 13.0. The molecule has 0 aliphatic carbocycles. The van der Waals surface area contributed by atoms with Crippen molar-refractivity contribution in [3.05, 3.63) is 42.0 Å². The number of fused-ring (bicyclic) bond motifs is 1. The lowest BCUT2D eigenvalue weighted by Crippen LogP contribution is -2.51. The number of nitrogens with zero attached hydrogens (tertiary/aromatic N) is 5. The Bertz CT molecular complexity index is 764. The standard InChI is InChI=1S/C18H23FN6S.HI/c19-14-1-3-16(4-2-14)23-7-9-24(10-8-23)17(20)21-6-5-15-13-25-11-12-26-18(25)22-15;/h1-4,13H,5-12H2,(H2,20,21);1H. The van der Waals surface area contributed by atoms with Gasteiger partial charge in [-0.2, -0.15) is 0 Å². The molecule has 9 heteroatoms. The van der Waals surface area contributed by atoms with Gasteiger partial charge in [0.1, 0.15) is 5.82 Å². The van der Waals surface area contributed by atoms with Crippen LogP contribution in [0.2, 0.25) is 0 Å². The first-order valence-electron chi connectivity index (χ1n) is 8.93. The van der Waals surface area contributed by atoms with E-state index in [1.165, 1.54) is 12.1 Å². The van der Waals surface area contributed by atoms with Crippen LogP contribution in [0.15, 0.2) is 40.6 Å². The van der Waals surface area contributed by atoms with Gasteiger partial charge >= 0.3 is 0 Å². The number of guanidine groups is 1. The van der Waals surface area contributed by atoms with Gasteiger partial charge in [-0.3, -0.25) is 4.99 Å². The average Bonchev–Trinajstić information content (AvgIpc) is 3.24. The number of hydrogen-bond acceptors (Lipinski definition) is 4. The van der Waals surface area contributed by atoms with Crippen LogP contribution in [0.3, 0.4) is 0 Å². The van der Waals surface area contributed by atoms with Crippen LogP contribution in [-0.4, -0.2) is 58.9 Å². The highest BCUT2D eigenvalue weighted by atomic mass is 127. The summed E-state index contributed by atoms with van der Waals surface area (Å²) in [6.45, 7) is 5.06. The van der Waals surface area contributed by atoms with E-state index in [2.05, 4.69) is 30.5 Å². The molecule has 0 radical (unpaired) electrons. The first kappa shape index (κ1) is 20.2. The topological polar surface area (TPSA) is 62.7 Å². The summed E-state index contributed by atoms with van der Waals surface area (Å²) in [5, 5.41) is 1.12. The Morgan fingerprint density at radius 2 is 1.89 bits per heavy atom. The Morgan fingerprint density at radius 3 is 2.59 bits per heavy atom. The lowest BCUT2D eigenvalue weighted by Gasteiger charge is -2.36. The second-order valence-corrected chi connectivity index (χ2v) is 7.56. The highest BCUT2D eigenvalue weighted by Crippen LogP contribution is 2.24. The molecule has 1 aromatic carbocycles. The fraction of sp³-hybridized carbons (Fsp3) is 0.444. The number of nitrogens with two attached hydrogens (primary N) is 1. The maximum Gasteiger partial charge on any atom is 0.191 e. The predicted octanol–water partition coefficient (Wildman–Crippen LogP) is 2.43. The monoisotopic (exact) mass is 502 g/mol. The van der Waals surface area contributed by atoms with Crippen molar-refractivity contribution in [3.8, 4) is 0 Å². The first-order chi connectivity index (χ1) is 12.7. The van der Waals surface area contributed by atoms with Crippen molar-refractivity contribution in [2.24, 2.45) is 10.7 Å². The van der Waals surface area contributed by atoms with Crippen molar-refractivity contribution < 1.29 is 4.39 Å². The van der Waals surface area contributed by atoms with E-state index in [0.717, 1.165) is 61.4 Å². The van der Waals surface area contributed by atoms with Crippen molar-refractivity contribution in [1.29, 1.82) is 0 Å². The summed E-state index contributed by atoms with van der Waals surface area (Å²) < 4.78 is 15.3. The van der Waals surface area contributed by atoms with E-state index in [1.54, 1.807) is 0 Å². The number of imidazole rings is 1. The van der Waals surface area contributed by atoms with Crippen LogP contribution in [0.4, 0.5) is 10.1 Å². The van der Waals surface area contributed by atoms with Crippen LogP contribution in [0.5, 0.6) is 0 Å². The van der Waals surface area contributed by atoms with Crippen molar-refractivity contribution in [2.75, 3.05) is 43.4 Å². The van der Waals surface area contributed by atoms with Gasteiger partial charge in [-0.1, -0.05) is 11.8 Å². The molecule has 0 unspecified atom stereocenters. The molecular formula is C18H24FIN6S. The Balaban J connectivity index is 0.00000210. The highest BCUT2D eigenvalue weighted by molar-refractivity contribution is 14.0. The van der Waals surface area contributed by atoms with Gasteiger partial charge in [0.2, 0.25) is 0 Å². The molecule has 146 valence electrons. The van der Waals surface area contributed by atoms with Crippen LogP contribution in [0.25, 0.3) is 0 Å². The minimum atomic E-state index is -0.203. The van der Waals surface area contributed by atoms with Gasteiger partial charge in [0.05, 0.1) is 5.69 Å². The molecule has 2 aliphatic rings. The number of aromatic nitrogens is 2. The molecule has 3 heterocycles. The van der Waals surface area contributed by atoms with E-state index in [-0.39, 0.29) is 29.8 Å². The predicted molar refractivity (Wildman–Crippen MR) is 119 cm³/mol. The van der Waals surface area contributed by atoms with Gasteiger partial charge in [-0.15, -0.1) is 24.0 Å². The van der Waals surface area contributed by atoms with Crippen LogP contribution >= 0.6 is 35.7 Å². The second kappa shape index (κ2) is 9.13. The molecule has 0 saturated carbocycles. The number of aryl methyl sites for hydroxylation is 1. The van der Waals surface area contributed by atoms with E-state index < -0.39 is 0 Å². The fourth-order valence-electron chi connectivity index (χ4n) is 3.31. The third kappa shape index (κ3) is 4.87. The Hall–Kier alpha value is -1.49. The lowest BCUT2D eigenvalue weighted by molar-refractivity contribution is 0.381. The van der Waals surface area contributed by atoms with Crippen LogP contribution in [0, 0.1) is 5.82 Å². The molecule has 1 saturated heterocycles. The average molecular weight is 502 g/mol. The van der Waals surface area contributed by atoms with Crippen molar-refractivity contribution >= 4 is 47.4 Å². The van der Waals surface area contributed by atoms with Crippen LogP contribution < -0.4 is 10.6 Å². The smallest absolute Gasteiger partial charge is 0.191 e. The second-order valence-electron chi connectivity index (χ2n) is 6.50. The quantitative estimate of drug-likeness (QED) is 0.396. The minimum Gasteiger partial charge on any atom is -0.370 e. The summed E-state index contributed by atoms with van der Waals surface area (Å²) in [6, 6.07) is 6.65. The molecule has 1 aromatic heterocycles. The number of aliphatic imine (C=N–C) groups is 1. The summed E-state index contributed by atoms with van der Waals surface area (Å²) in [5.74, 6) is 1.52. The summed E-state index contributed by atoms with van der Waals surface area (Å²) in [7, 11) is 0.